The number of halogens is 1. The smallest absolute Gasteiger partial charge is 0.343 e. The number of methoxy groups -OCH3 is 1. The Balaban J connectivity index is 1.39. The van der Waals surface area contributed by atoms with Crippen LogP contribution >= 0.6 is 11.6 Å². The number of likely N-dealkylation sites (tertiary alicyclic amines) is 1. The van der Waals surface area contributed by atoms with Crippen molar-refractivity contribution in [3.8, 4) is 5.75 Å². The van der Waals surface area contributed by atoms with Gasteiger partial charge >= 0.3 is 5.69 Å². The lowest BCUT2D eigenvalue weighted by Gasteiger charge is -2.31. The van der Waals surface area contributed by atoms with Gasteiger partial charge in [0.1, 0.15) is 11.6 Å². The average molecular weight is 441 g/mol. The maximum Gasteiger partial charge on any atom is 0.343 e. The summed E-state index contributed by atoms with van der Waals surface area (Å²) in [7, 11) is 1.63. The van der Waals surface area contributed by atoms with Gasteiger partial charge < -0.3 is 9.64 Å². The fraction of sp³-hybridized carbons (Fsp3) is 0.348. The molecule has 1 aromatic heterocycles. The molecule has 1 aliphatic rings. The number of nitrogens with zero attached hydrogens (tertiary/aromatic N) is 3. The number of H-pyrrole nitrogens is 1. The summed E-state index contributed by atoms with van der Waals surface area (Å²) in [6.45, 7) is 1.76. The number of benzene rings is 2. The molecule has 0 atom stereocenters. The van der Waals surface area contributed by atoms with Crippen LogP contribution in [0.4, 0.5) is 0 Å². The fourth-order valence-corrected chi connectivity index (χ4v) is 4.11. The van der Waals surface area contributed by atoms with Gasteiger partial charge in [-0.05, 0) is 48.2 Å². The molecule has 1 amide bonds. The average Bonchev–Trinajstić information content (AvgIpc) is 3.16. The highest BCUT2D eigenvalue weighted by molar-refractivity contribution is 6.30. The van der Waals surface area contributed by atoms with Crippen LogP contribution in [0.1, 0.15) is 35.7 Å². The van der Waals surface area contributed by atoms with Crippen molar-refractivity contribution in [1.82, 2.24) is 19.7 Å². The highest BCUT2D eigenvalue weighted by atomic mass is 35.5. The van der Waals surface area contributed by atoms with Crippen molar-refractivity contribution in [3.05, 3.63) is 81.0 Å². The van der Waals surface area contributed by atoms with Crippen molar-refractivity contribution < 1.29 is 9.53 Å². The van der Waals surface area contributed by atoms with Crippen LogP contribution in [-0.4, -0.2) is 45.8 Å². The molecular formula is C23H25ClN4O3. The van der Waals surface area contributed by atoms with Crippen molar-refractivity contribution in [2.24, 2.45) is 0 Å². The third-order valence-electron chi connectivity index (χ3n) is 5.77. The summed E-state index contributed by atoms with van der Waals surface area (Å²) < 4.78 is 6.89. The number of rotatable bonds is 6. The first-order chi connectivity index (χ1) is 15.0. The number of aromatic nitrogens is 3. The molecule has 0 saturated carbocycles. The molecule has 162 valence electrons. The zero-order chi connectivity index (χ0) is 21.8. The van der Waals surface area contributed by atoms with E-state index in [4.69, 9.17) is 16.3 Å². The SMILES string of the molecule is COc1ccc(Cn2c(C3CCN(C(=O)Cc4ccc(Cl)cc4)CC3)n[nH]c2=O)cc1. The van der Waals surface area contributed by atoms with Crippen LogP contribution < -0.4 is 10.4 Å². The maximum atomic E-state index is 12.7. The van der Waals surface area contributed by atoms with Crippen LogP contribution in [0.2, 0.25) is 5.02 Å². The Morgan fingerprint density at radius 3 is 2.39 bits per heavy atom. The first-order valence-electron chi connectivity index (χ1n) is 10.3. The van der Waals surface area contributed by atoms with Gasteiger partial charge in [0, 0.05) is 24.0 Å². The molecule has 0 radical (unpaired) electrons. The van der Waals surface area contributed by atoms with E-state index >= 15 is 0 Å². The largest absolute Gasteiger partial charge is 0.497 e. The van der Waals surface area contributed by atoms with E-state index in [2.05, 4.69) is 10.2 Å². The third kappa shape index (κ3) is 4.99. The van der Waals surface area contributed by atoms with Crippen LogP contribution in [-0.2, 0) is 17.8 Å². The normalized spacial score (nSPS) is 14.6. The number of carbonyl (C=O) groups is 1. The van der Waals surface area contributed by atoms with Crippen LogP contribution in [0, 0.1) is 0 Å². The van der Waals surface area contributed by atoms with E-state index in [0.29, 0.717) is 31.1 Å². The molecule has 0 spiro atoms. The summed E-state index contributed by atoms with van der Waals surface area (Å²) in [6.07, 6.45) is 1.92. The van der Waals surface area contributed by atoms with Crippen LogP contribution in [0.15, 0.2) is 53.3 Å². The molecular weight excluding hydrogens is 416 g/mol. The summed E-state index contributed by atoms with van der Waals surface area (Å²) in [6, 6.07) is 15.0. The number of aromatic amines is 1. The van der Waals surface area contributed by atoms with E-state index < -0.39 is 0 Å². The molecule has 2 aromatic carbocycles. The molecule has 31 heavy (non-hydrogen) atoms. The lowest BCUT2D eigenvalue weighted by molar-refractivity contribution is -0.131. The van der Waals surface area contributed by atoms with Crippen molar-refractivity contribution >= 4 is 17.5 Å². The first kappa shape index (κ1) is 21.2. The van der Waals surface area contributed by atoms with E-state index in [1.807, 2.05) is 41.3 Å². The molecule has 0 bridgehead atoms. The second-order valence-electron chi connectivity index (χ2n) is 7.78. The molecule has 2 heterocycles. The highest BCUT2D eigenvalue weighted by Gasteiger charge is 2.27. The van der Waals surface area contributed by atoms with E-state index in [9.17, 15) is 9.59 Å². The summed E-state index contributed by atoms with van der Waals surface area (Å²) in [5.74, 6) is 1.78. The van der Waals surface area contributed by atoms with E-state index in [1.54, 1.807) is 23.8 Å². The number of ether oxygens (including phenoxy) is 1. The Labute approximate surface area is 185 Å². The Kier molecular flexibility index (Phi) is 6.42. The monoisotopic (exact) mass is 440 g/mol. The molecule has 8 heteroatoms. The Morgan fingerprint density at radius 2 is 1.74 bits per heavy atom. The van der Waals surface area contributed by atoms with Gasteiger partial charge in [-0.25, -0.2) is 9.89 Å². The molecule has 0 aliphatic carbocycles. The van der Waals surface area contributed by atoms with Gasteiger partial charge in [-0.3, -0.25) is 9.36 Å². The quantitative estimate of drug-likeness (QED) is 0.638. The molecule has 1 aliphatic heterocycles. The third-order valence-corrected chi connectivity index (χ3v) is 6.02. The van der Waals surface area contributed by atoms with Crippen LogP contribution in [0.25, 0.3) is 0 Å². The molecule has 1 fully saturated rings. The zero-order valence-corrected chi connectivity index (χ0v) is 18.1. The molecule has 7 nitrogen and oxygen atoms in total. The number of hydrogen-bond donors (Lipinski definition) is 1. The number of carbonyl (C=O) groups excluding carboxylic acids is 1. The topological polar surface area (TPSA) is 80.2 Å². The summed E-state index contributed by atoms with van der Waals surface area (Å²) in [5.41, 5.74) is 1.74. The van der Waals surface area contributed by atoms with Crippen LogP contribution in [0.5, 0.6) is 5.75 Å². The van der Waals surface area contributed by atoms with Gasteiger partial charge in [0.2, 0.25) is 5.91 Å². The van der Waals surface area contributed by atoms with Gasteiger partial charge in [-0.1, -0.05) is 35.9 Å². The van der Waals surface area contributed by atoms with Gasteiger partial charge in [0.05, 0.1) is 20.1 Å². The van der Waals surface area contributed by atoms with Gasteiger partial charge in [-0.2, -0.15) is 5.10 Å². The van der Waals surface area contributed by atoms with E-state index in [0.717, 1.165) is 35.5 Å². The predicted octanol–water partition coefficient (Wildman–Crippen LogP) is 3.23. The van der Waals surface area contributed by atoms with Gasteiger partial charge in [0.15, 0.2) is 0 Å². The zero-order valence-electron chi connectivity index (χ0n) is 17.4. The summed E-state index contributed by atoms with van der Waals surface area (Å²) >= 11 is 5.92. The van der Waals surface area contributed by atoms with Crippen molar-refractivity contribution in [1.29, 1.82) is 0 Å². The minimum Gasteiger partial charge on any atom is -0.497 e. The molecule has 1 saturated heterocycles. The standard InChI is InChI=1S/C23H25ClN4O3/c1-31-20-8-4-17(5-9-20)15-28-22(25-26-23(28)30)18-10-12-27(13-11-18)21(29)14-16-2-6-19(24)7-3-16/h2-9,18H,10-15H2,1H3,(H,26,30). The fourth-order valence-electron chi connectivity index (χ4n) is 3.98. The second kappa shape index (κ2) is 9.39. The molecule has 4 rings (SSSR count). The van der Waals surface area contributed by atoms with Crippen molar-refractivity contribution in [2.75, 3.05) is 20.2 Å². The van der Waals surface area contributed by atoms with Crippen molar-refractivity contribution in [2.45, 2.75) is 31.7 Å². The number of hydrogen-bond acceptors (Lipinski definition) is 4. The Hall–Kier alpha value is -3.06. The van der Waals surface area contributed by atoms with Gasteiger partial charge in [-0.15, -0.1) is 0 Å². The maximum absolute atomic E-state index is 12.7. The number of amides is 1. The molecule has 0 unspecified atom stereocenters. The van der Waals surface area contributed by atoms with Crippen molar-refractivity contribution in [3.63, 3.8) is 0 Å². The highest BCUT2D eigenvalue weighted by Crippen LogP contribution is 2.27. The summed E-state index contributed by atoms with van der Waals surface area (Å²) in [5, 5.41) is 7.55. The van der Waals surface area contributed by atoms with Gasteiger partial charge in [0.25, 0.3) is 0 Å². The minimum absolute atomic E-state index is 0.110. The summed E-state index contributed by atoms with van der Waals surface area (Å²) in [4.78, 5) is 26.9. The molecule has 1 N–H and O–H groups in total. The predicted molar refractivity (Wildman–Crippen MR) is 119 cm³/mol. The number of piperidine rings is 1. The second-order valence-corrected chi connectivity index (χ2v) is 8.22. The lowest BCUT2D eigenvalue weighted by atomic mass is 9.95. The Bertz CT molecular complexity index is 1080. The van der Waals surface area contributed by atoms with E-state index in [1.165, 1.54) is 0 Å². The lowest BCUT2D eigenvalue weighted by Crippen LogP contribution is -2.39. The first-order valence-corrected chi connectivity index (χ1v) is 10.7. The molecule has 3 aromatic rings. The number of nitrogens with one attached hydrogen (secondary N) is 1. The van der Waals surface area contributed by atoms with Crippen LogP contribution in [0.3, 0.4) is 0 Å². The minimum atomic E-state index is -0.216. The van der Waals surface area contributed by atoms with E-state index in [-0.39, 0.29) is 17.5 Å². The Morgan fingerprint density at radius 1 is 1.10 bits per heavy atom.